The van der Waals surface area contributed by atoms with Gasteiger partial charge in [-0.3, -0.25) is 14.0 Å². The van der Waals surface area contributed by atoms with Gasteiger partial charge >= 0.3 is 0 Å². The molecule has 1 aliphatic carbocycles. The SMILES string of the molecule is Cc1ccccc1C1(CNC(=O)c2cnc3ccccn3c2=O)CC1. The number of rotatable bonds is 4. The molecule has 5 nitrogen and oxygen atoms in total. The van der Waals surface area contributed by atoms with Crippen molar-refractivity contribution in [2.45, 2.75) is 25.2 Å². The number of amides is 1. The van der Waals surface area contributed by atoms with Crippen LogP contribution < -0.4 is 10.9 Å². The Balaban J connectivity index is 1.57. The molecular weight excluding hydrogens is 314 g/mol. The number of nitrogens with one attached hydrogen (secondary N) is 1. The molecule has 0 saturated heterocycles. The molecule has 0 bridgehead atoms. The monoisotopic (exact) mass is 333 g/mol. The fourth-order valence-electron chi connectivity index (χ4n) is 3.39. The average molecular weight is 333 g/mol. The van der Waals surface area contributed by atoms with Gasteiger partial charge in [-0.1, -0.05) is 30.3 Å². The first-order valence-corrected chi connectivity index (χ1v) is 8.41. The van der Waals surface area contributed by atoms with Crippen molar-refractivity contribution in [3.8, 4) is 0 Å². The summed E-state index contributed by atoms with van der Waals surface area (Å²) in [5.41, 5.74) is 2.78. The van der Waals surface area contributed by atoms with E-state index in [1.807, 2.05) is 12.1 Å². The highest BCUT2D eigenvalue weighted by Crippen LogP contribution is 2.48. The highest BCUT2D eigenvalue weighted by atomic mass is 16.2. The first-order valence-electron chi connectivity index (χ1n) is 8.41. The van der Waals surface area contributed by atoms with Crippen LogP contribution in [0.4, 0.5) is 0 Å². The number of carbonyl (C=O) groups excluding carboxylic acids is 1. The molecule has 2 aromatic heterocycles. The summed E-state index contributed by atoms with van der Waals surface area (Å²) in [6.45, 7) is 2.63. The van der Waals surface area contributed by atoms with E-state index in [1.54, 1.807) is 24.4 Å². The van der Waals surface area contributed by atoms with E-state index in [4.69, 9.17) is 0 Å². The molecule has 0 aliphatic heterocycles. The molecule has 1 fully saturated rings. The van der Waals surface area contributed by atoms with Gasteiger partial charge in [0, 0.05) is 24.4 Å². The van der Waals surface area contributed by atoms with Gasteiger partial charge in [0.25, 0.3) is 11.5 Å². The predicted octanol–water partition coefficient (Wildman–Crippen LogP) is 2.46. The normalized spacial score (nSPS) is 15.1. The van der Waals surface area contributed by atoms with Crippen LogP contribution in [0.15, 0.2) is 59.7 Å². The quantitative estimate of drug-likeness (QED) is 0.798. The van der Waals surface area contributed by atoms with Gasteiger partial charge in [0.2, 0.25) is 0 Å². The summed E-state index contributed by atoms with van der Waals surface area (Å²) in [6.07, 6.45) is 5.08. The number of fused-ring (bicyclic) bond motifs is 1. The Bertz CT molecular complexity index is 1020. The van der Waals surface area contributed by atoms with Gasteiger partial charge in [-0.05, 0) is 43.0 Å². The van der Waals surface area contributed by atoms with E-state index >= 15 is 0 Å². The first-order chi connectivity index (χ1) is 12.1. The summed E-state index contributed by atoms with van der Waals surface area (Å²) in [7, 11) is 0. The van der Waals surface area contributed by atoms with Crippen molar-refractivity contribution in [3.63, 3.8) is 0 Å². The molecule has 2 heterocycles. The summed E-state index contributed by atoms with van der Waals surface area (Å²) in [4.78, 5) is 29.2. The van der Waals surface area contributed by atoms with Crippen molar-refractivity contribution in [3.05, 3.63) is 81.9 Å². The van der Waals surface area contributed by atoms with Crippen LogP contribution in [0.1, 0.15) is 34.3 Å². The Hall–Kier alpha value is -2.95. The van der Waals surface area contributed by atoms with Crippen LogP contribution in [-0.4, -0.2) is 21.8 Å². The molecule has 0 radical (unpaired) electrons. The average Bonchev–Trinajstić information content (AvgIpc) is 3.42. The lowest BCUT2D eigenvalue weighted by Crippen LogP contribution is -2.36. The summed E-state index contributed by atoms with van der Waals surface area (Å²) < 4.78 is 1.39. The maximum Gasteiger partial charge on any atom is 0.270 e. The molecule has 1 aromatic carbocycles. The number of pyridine rings is 1. The Morgan fingerprint density at radius 1 is 1.20 bits per heavy atom. The van der Waals surface area contributed by atoms with Crippen LogP contribution >= 0.6 is 0 Å². The van der Waals surface area contributed by atoms with Crippen molar-refractivity contribution in [2.75, 3.05) is 6.54 Å². The fourth-order valence-corrected chi connectivity index (χ4v) is 3.39. The zero-order valence-corrected chi connectivity index (χ0v) is 14.0. The molecule has 25 heavy (non-hydrogen) atoms. The van der Waals surface area contributed by atoms with Crippen LogP contribution in [0.25, 0.3) is 5.65 Å². The molecule has 0 atom stereocenters. The minimum Gasteiger partial charge on any atom is -0.351 e. The third-order valence-corrected chi connectivity index (χ3v) is 5.02. The van der Waals surface area contributed by atoms with Gasteiger partial charge in [0.05, 0.1) is 0 Å². The largest absolute Gasteiger partial charge is 0.351 e. The lowest BCUT2D eigenvalue weighted by Gasteiger charge is -2.18. The Kier molecular flexibility index (Phi) is 3.64. The molecule has 1 N–H and O–H groups in total. The first kappa shape index (κ1) is 15.6. The van der Waals surface area contributed by atoms with E-state index in [1.165, 1.54) is 21.7 Å². The molecule has 0 unspecified atom stereocenters. The number of carbonyl (C=O) groups is 1. The van der Waals surface area contributed by atoms with E-state index in [0.29, 0.717) is 12.2 Å². The van der Waals surface area contributed by atoms with E-state index in [9.17, 15) is 9.59 Å². The van der Waals surface area contributed by atoms with Crippen LogP contribution in [-0.2, 0) is 5.41 Å². The number of aryl methyl sites for hydroxylation is 1. The molecule has 1 aliphatic rings. The standard InChI is InChI=1S/C20H19N3O2/c1-14-6-2-3-7-16(14)20(9-10-20)13-22-18(24)15-12-21-17-8-4-5-11-23(17)19(15)25/h2-8,11-12H,9-10,13H2,1H3,(H,22,24). The van der Waals surface area contributed by atoms with Gasteiger partial charge < -0.3 is 5.32 Å². The maximum atomic E-state index is 12.5. The van der Waals surface area contributed by atoms with Crippen molar-refractivity contribution < 1.29 is 4.79 Å². The number of benzene rings is 1. The van der Waals surface area contributed by atoms with Gasteiger partial charge in [0.1, 0.15) is 11.2 Å². The molecule has 3 aromatic rings. The van der Waals surface area contributed by atoms with Gasteiger partial charge in [-0.15, -0.1) is 0 Å². The second-order valence-corrected chi connectivity index (χ2v) is 6.68. The summed E-state index contributed by atoms with van der Waals surface area (Å²) >= 11 is 0. The highest BCUT2D eigenvalue weighted by Gasteiger charge is 2.45. The van der Waals surface area contributed by atoms with E-state index < -0.39 is 0 Å². The van der Waals surface area contributed by atoms with Crippen LogP contribution in [0.2, 0.25) is 0 Å². The number of aromatic nitrogens is 2. The molecule has 126 valence electrons. The molecule has 1 saturated carbocycles. The maximum absolute atomic E-state index is 12.5. The van der Waals surface area contributed by atoms with Gasteiger partial charge in [-0.25, -0.2) is 4.98 Å². The molecule has 1 amide bonds. The highest BCUT2D eigenvalue weighted by molar-refractivity contribution is 5.93. The molecule has 0 spiro atoms. The summed E-state index contributed by atoms with van der Waals surface area (Å²) in [5.74, 6) is -0.365. The van der Waals surface area contributed by atoms with E-state index in [2.05, 4.69) is 29.4 Å². The number of hydrogen-bond acceptors (Lipinski definition) is 3. The smallest absolute Gasteiger partial charge is 0.270 e. The number of hydrogen-bond donors (Lipinski definition) is 1. The van der Waals surface area contributed by atoms with Gasteiger partial charge in [-0.2, -0.15) is 0 Å². The van der Waals surface area contributed by atoms with E-state index in [-0.39, 0.29) is 22.4 Å². The van der Waals surface area contributed by atoms with Gasteiger partial charge in [0.15, 0.2) is 0 Å². The van der Waals surface area contributed by atoms with Crippen molar-refractivity contribution in [1.82, 2.24) is 14.7 Å². The predicted molar refractivity (Wildman–Crippen MR) is 95.9 cm³/mol. The second kappa shape index (κ2) is 5.84. The second-order valence-electron chi connectivity index (χ2n) is 6.68. The lowest BCUT2D eigenvalue weighted by molar-refractivity contribution is 0.0947. The molecule has 5 heteroatoms. The van der Waals surface area contributed by atoms with Crippen LogP contribution in [0, 0.1) is 6.92 Å². The van der Waals surface area contributed by atoms with E-state index in [0.717, 1.165) is 12.8 Å². The summed E-state index contributed by atoms with van der Waals surface area (Å²) in [6, 6.07) is 13.6. The van der Waals surface area contributed by atoms with Crippen LogP contribution in [0.3, 0.4) is 0 Å². The minimum atomic E-state index is -0.365. The lowest BCUT2D eigenvalue weighted by atomic mass is 9.92. The fraction of sp³-hybridized carbons (Fsp3) is 0.250. The van der Waals surface area contributed by atoms with Crippen LogP contribution in [0.5, 0.6) is 0 Å². The molecular formula is C20H19N3O2. The Morgan fingerprint density at radius 3 is 2.72 bits per heavy atom. The molecule has 4 rings (SSSR count). The Labute approximate surface area is 145 Å². The van der Waals surface area contributed by atoms with Crippen molar-refractivity contribution in [1.29, 1.82) is 0 Å². The van der Waals surface area contributed by atoms with Crippen molar-refractivity contribution in [2.24, 2.45) is 0 Å². The van der Waals surface area contributed by atoms with Crippen molar-refractivity contribution >= 4 is 11.6 Å². The third kappa shape index (κ3) is 2.71. The minimum absolute atomic E-state index is 0.00146. The summed E-state index contributed by atoms with van der Waals surface area (Å²) in [5, 5.41) is 2.94. The Morgan fingerprint density at radius 2 is 1.96 bits per heavy atom. The topological polar surface area (TPSA) is 63.5 Å². The zero-order chi connectivity index (χ0) is 17.4. The zero-order valence-electron chi connectivity index (χ0n) is 14.0. The third-order valence-electron chi connectivity index (χ3n) is 5.02. The number of nitrogens with zero attached hydrogens (tertiary/aromatic N) is 2.